The zero-order valence-electron chi connectivity index (χ0n) is 16.0. The third-order valence-electron chi connectivity index (χ3n) is 7.90. The van der Waals surface area contributed by atoms with Gasteiger partial charge < -0.3 is 10.6 Å². The van der Waals surface area contributed by atoms with Gasteiger partial charge in [-0.15, -0.1) is 0 Å². The van der Waals surface area contributed by atoms with Crippen molar-refractivity contribution in [1.29, 1.82) is 0 Å². The van der Waals surface area contributed by atoms with Crippen LogP contribution in [0.25, 0.3) is 0 Å². The van der Waals surface area contributed by atoms with E-state index in [2.05, 4.69) is 41.8 Å². The minimum atomic E-state index is -0.0974. The molecule has 5 aliphatic rings. The van der Waals surface area contributed by atoms with Gasteiger partial charge in [-0.25, -0.2) is 0 Å². The summed E-state index contributed by atoms with van der Waals surface area (Å²) >= 11 is 0. The maximum Gasteiger partial charge on any atom is 0.283 e. The summed E-state index contributed by atoms with van der Waals surface area (Å²) in [5, 5.41) is 5.68. The zero-order chi connectivity index (χ0) is 17.7. The average molecular weight is 354 g/mol. The number of carbonyl (C=O) groups is 1. The fourth-order valence-corrected chi connectivity index (χ4v) is 6.76. The normalized spacial score (nSPS) is 37.3. The largest absolute Gasteiger partial charge is 0.348 e. The van der Waals surface area contributed by atoms with Gasteiger partial charge in [-0.2, -0.15) is 0 Å². The van der Waals surface area contributed by atoms with Crippen molar-refractivity contribution in [3.63, 3.8) is 0 Å². The first-order valence-corrected chi connectivity index (χ1v) is 10.8. The van der Waals surface area contributed by atoms with E-state index < -0.39 is 0 Å². The van der Waals surface area contributed by atoms with Gasteiger partial charge in [0.2, 0.25) is 0 Å². The van der Waals surface area contributed by atoms with Crippen molar-refractivity contribution < 1.29 is 10.1 Å². The molecule has 1 aromatic carbocycles. The molecule has 2 atom stereocenters. The lowest BCUT2D eigenvalue weighted by Gasteiger charge is -2.58. The molecule has 140 valence electrons. The molecule has 0 radical (unpaired) electrons. The third kappa shape index (κ3) is 3.09. The monoisotopic (exact) mass is 353 g/mol. The molecule has 3 heteroatoms. The Morgan fingerprint density at radius 3 is 2.15 bits per heavy atom. The maximum atomic E-state index is 13.0. The molecule has 1 amide bonds. The highest BCUT2D eigenvalue weighted by Crippen LogP contribution is 2.60. The van der Waals surface area contributed by atoms with Gasteiger partial charge in [0.1, 0.15) is 0 Å². The molecule has 5 fully saturated rings. The van der Waals surface area contributed by atoms with E-state index in [1.54, 1.807) is 0 Å². The number of quaternary nitrogens is 1. The number of nitrogens with two attached hydrogens (primary N) is 1. The maximum absolute atomic E-state index is 13.0. The fourth-order valence-electron chi connectivity index (χ4n) is 6.76. The second kappa shape index (κ2) is 6.37. The fraction of sp³-hybridized carbons (Fsp3) is 0.696. The molecule has 3 N–H and O–H groups in total. The van der Waals surface area contributed by atoms with Crippen LogP contribution < -0.4 is 10.6 Å². The van der Waals surface area contributed by atoms with Crippen LogP contribution in [0.5, 0.6) is 0 Å². The van der Waals surface area contributed by atoms with Crippen molar-refractivity contribution in [3.05, 3.63) is 35.9 Å². The predicted octanol–water partition coefficient (Wildman–Crippen LogP) is 3.17. The van der Waals surface area contributed by atoms with Crippen LogP contribution in [0, 0.1) is 23.2 Å². The van der Waals surface area contributed by atoms with Crippen LogP contribution >= 0.6 is 0 Å². The van der Waals surface area contributed by atoms with Gasteiger partial charge in [-0.3, -0.25) is 4.79 Å². The summed E-state index contributed by atoms with van der Waals surface area (Å²) in [5.41, 5.74) is 1.63. The summed E-state index contributed by atoms with van der Waals surface area (Å²) in [6, 6.07) is 11.3. The van der Waals surface area contributed by atoms with Crippen LogP contribution in [0.4, 0.5) is 0 Å². The highest BCUT2D eigenvalue weighted by Gasteiger charge is 2.55. The second-order valence-corrected chi connectivity index (χ2v) is 9.93. The molecule has 0 aromatic heterocycles. The van der Waals surface area contributed by atoms with Gasteiger partial charge in [-0.1, -0.05) is 30.3 Å². The first-order valence-electron chi connectivity index (χ1n) is 10.8. The number of carbonyl (C=O) groups excluding carboxylic acids is 1. The van der Waals surface area contributed by atoms with Gasteiger partial charge in [0.25, 0.3) is 5.91 Å². The number of hydrogen-bond donors (Lipinski definition) is 2. The molecule has 0 saturated heterocycles. The molecule has 3 nitrogen and oxygen atoms in total. The summed E-state index contributed by atoms with van der Waals surface area (Å²) in [6.07, 6.45) is 11.0. The van der Waals surface area contributed by atoms with E-state index in [0.29, 0.717) is 17.5 Å². The van der Waals surface area contributed by atoms with Crippen LogP contribution in [0.2, 0.25) is 0 Å². The minimum Gasteiger partial charge on any atom is -0.348 e. The molecular weight excluding hydrogens is 320 g/mol. The number of nitrogens with one attached hydrogen (secondary N) is 1. The lowest BCUT2D eigenvalue weighted by molar-refractivity contribution is -0.727. The Hall–Kier alpha value is -1.35. The Morgan fingerprint density at radius 1 is 1.04 bits per heavy atom. The number of benzene rings is 1. The second-order valence-electron chi connectivity index (χ2n) is 9.93. The standard InChI is InChI=1S/C23H32N2O/c1-15(23-12-16-9-17(13-23)11-18(10-16)14-23)24-21(19-5-3-2-4-6-19)22(26)25-20-7-8-20/h2-6,15-18,20-21,24H,7-14H2,1H3,(H,25,26)/p+1/t15-,16?,17?,18?,21+,23?/m1/s1. The van der Waals surface area contributed by atoms with E-state index >= 15 is 0 Å². The van der Waals surface area contributed by atoms with E-state index in [1.807, 2.05) is 6.07 Å². The Kier molecular flexibility index (Phi) is 4.11. The van der Waals surface area contributed by atoms with Gasteiger partial charge >= 0.3 is 0 Å². The first-order chi connectivity index (χ1) is 12.6. The molecule has 5 saturated carbocycles. The Bertz CT molecular complexity index is 631. The molecule has 5 aliphatic carbocycles. The predicted molar refractivity (Wildman–Crippen MR) is 102 cm³/mol. The molecule has 0 spiro atoms. The molecular formula is C23H33N2O+. The topological polar surface area (TPSA) is 45.7 Å². The highest BCUT2D eigenvalue weighted by atomic mass is 16.2. The average Bonchev–Trinajstić information content (AvgIpc) is 3.43. The van der Waals surface area contributed by atoms with Crippen LogP contribution in [0.1, 0.15) is 69.9 Å². The molecule has 1 aromatic rings. The van der Waals surface area contributed by atoms with E-state index in [1.165, 1.54) is 38.5 Å². The Balaban J connectivity index is 1.36. The van der Waals surface area contributed by atoms with Crippen LogP contribution in [-0.4, -0.2) is 18.0 Å². The number of rotatable bonds is 6. The van der Waals surface area contributed by atoms with Crippen LogP contribution in [-0.2, 0) is 4.79 Å². The van der Waals surface area contributed by atoms with Crippen LogP contribution in [0.15, 0.2) is 30.3 Å². The number of amides is 1. The van der Waals surface area contributed by atoms with Crippen molar-refractivity contribution >= 4 is 5.91 Å². The summed E-state index contributed by atoms with van der Waals surface area (Å²) in [4.78, 5) is 13.0. The van der Waals surface area contributed by atoms with Crippen molar-refractivity contribution in [3.8, 4) is 0 Å². The summed E-state index contributed by atoms with van der Waals surface area (Å²) in [7, 11) is 0. The van der Waals surface area contributed by atoms with Crippen molar-refractivity contribution in [2.75, 3.05) is 0 Å². The Morgan fingerprint density at radius 2 is 1.62 bits per heavy atom. The third-order valence-corrected chi connectivity index (χ3v) is 7.90. The quantitative estimate of drug-likeness (QED) is 0.811. The summed E-state index contributed by atoms with van der Waals surface area (Å²) in [6.45, 7) is 2.41. The lowest BCUT2D eigenvalue weighted by atomic mass is 9.48. The van der Waals surface area contributed by atoms with E-state index in [4.69, 9.17) is 0 Å². The Labute approximate surface area is 157 Å². The summed E-state index contributed by atoms with van der Waals surface area (Å²) in [5.74, 6) is 3.11. The smallest absolute Gasteiger partial charge is 0.283 e. The molecule has 0 unspecified atom stereocenters. The number of hydrogen-bond acceptors (Lipinski definition) is 1. The van der Waals surface area contributed by atoms with E-state index in [0.717, 1.165) is 36.2 Å². The van der Waals surface area contributed by atoms with Crippen LogP contribution in [0.3, 0.4) is 0 Å². The molecule has 0 aliphatic heterocycles. The highest BCUT2D eigenvalue weighted by molar-refractivity contribution is 5.82. The molecule has 4 bridgehead atoms. The molecule has 6 rings (SSSR count). The first kappa shape index (κ1) is 16.8. The van der Waals surface area contributed by atoms with E-state index in [-0.39, 0.29) is 11.9 Å². The SMILES string of the molecule is C[C@@H]([NH2+][C@H](C(=O)NC1CC1)c1ccccc1)C12CC3CC(CC(C3)C1)C2. The zero-order valence-corrected chi connectivity index (χ0v) is 16.0. The van der Waals surface area contributed by atoms with Crippen molar-refractivity contribution in [1.82, 2.24) is 5.32 Å². The van der Waals surface area contributed by atoms with Crippen molar-refractivity contribution in [2.45, 2.75) is 76.4 Å². The minimum absolute atomic E-state index is 0.0974. The van der Waals surface area contributed by atoms with E-state index in [9.17, 15) is 4.79 Å². The van der Waals surface area contributed by atoms with Gasteiger partial charge in [-0.05, 0) is 76.0 Å². The lowest BCUT2D eigenvalue weighted by Crippen LogP contribution is -2.95. The van der Waals surface area contributed by atoms with Crippen molar-refractivity contribution in [2.24, 2.45) is 23.2 Å². The summed E-state index contributed by atoms with van der Waals surface area (Å²) < 4.78 is 0. The molecule has 0 heterocycles. The molecule has 26 heavy (non-hydrogen) atoms. The van der Waals surface area contributed by atoms with Gasteiger partial charge in [0.05, 0.1) is 6.04 Å². The van der Waals surface area contributed by atoms with Gasteiger partial charge in [0, 0.05) is 17.0 Å². The van der Waals surface area contributed by atoms with Gasteiger partial charge in [0.15, 0.2) is 6.04 Å².